The first-order valence-electron chi connectivity index (χ1n) is 42.4. The number of ether oxygens (including phenoxy) is 3. The monoisotopic (exact) mass is 1560 g/mol. The standard InChI is InChI=1S/C91H152O16P2/c1-4-7-10-13-16-19-22-25-28-31-33-35-37-38-39-40-41-42-43-44-45-46-48-50-51-54-56-59-62-65-68-71-74-77-89(94)101-80-86(92)81-103-108(97,98)104-82-87(93)83-105-109(99,100)106-85-88(107-91(96)79-76-73-70-67-64-61-58-53-30-27-24-21-18-15-12-9-6-3)84-102-90(95)78-75-72-69-66-63-60-57-55-52-49-47-36-34-32-29-26-23-20-17-14-11-8-5-2/h7-12,16-21,25-30,33-36,38-39,49,52,58,61,86-88,92-93H,4-6,13-15,22-24,31-32,37,40-48,50-51,53-57,59-60,62-85H2,1-3H3,(H,97,98)(H,99,100)/b10-7-,11-8-,12-9-,19-16-,20-17-,21-18-,28-25-,29-26-,30-27-,35-33-,36-34-,39-38-,52-49-,61-58-. The molecule has 0 rings (SSSR count). The normalized spacial score (nSPS) is 14.7. The van der Waals surface area contributed by atoms with Crippen LogP contribution in [0.5, 0.6) is 0 Å². The summed E-state index contributed by atoms with van der Waals surface area (Å²) >= 11 is 0. The van der Waals surface area contributed by atoms with Crippen LogP contribution in [0.25, 0.3) is 0 Å². The largest absolute Gasteiger partial charge is 0.472 e. The zero-order valence-electron chi connectivity index (χ0n) is 68.2. The van der Waals surface area contributed by atoms with Crippen molar-refractivity contribution in [3.63, 3.8) is 0 Å². The lowest BCUT2D eigenvalue weighted by Crippen LogP contribution is -2.30. The minimum absolute atomic E-state index is 0.0689. The van der Waals surface area contributed by atoms with Gasteiger partial charge >= 0.3 is 33.6 Å². The Morgan fingerprint density at radius 3 is 0.725 bits per heavy atom. The number of unbranched alkanes of at least 4 members (excludes halogenated alkanes) is 28. The molecule has 0 spiro atoms. The Balaban J connectivity index is 4.52. The average Bonchev–Trinajstić information content (AvgIpc) is 0.901. The Labute approximate surface area is 662 Å². The maximum absolute atomic E-state index is 13.0. The number of rotatable bonds is 79. The van der Waals surface area contributed by atoms with E-state index in [1.54, 1.807) is 0 Å². The van der Waals surface area contributed by atoms with Gasteiger partial charge in [0.15, 0.2) is 6.10 Å². The molecule has 0 aliphatic heterocycles. The van der Waals surface area contributed by atoms with Crippen LogP contribution in [-0.4, -0.2) is 95.9 Å². The van der Waals surface area contributed by atoms with Crippen LogP contribution in [0.4, 0.5) is 0 Å². The molecular weight excluding hydrogens is 1410 g/mol. The molecule has 5 unspecified atom stereocenters. The van der Waals surface area contributed by atoms with Crippen molar-refractivity contribution < 1.29 is 75.8 Å². The maximum atomic E-state index is 13.0. The smallest absolute Gasteiger partial charge is 0.463 e. The lowest BCUT2D eigenvalue weighted by atomic mass is 10.0. The molecule has 0 fully saturated rings. The maximum Gasteiger partial charge on any atom is 0.472 e. The first-order valence-corrected chi connectivity index (χ1v) is 45.4. The molecule has 0 amide bonds. The van der Waals surface area contributed by atoms with Crippen LogP contribution in [0.3, 0.4) is 0 Å². The molecular formula is C91H152O16P2. The van der Waals surface area contributed by atoms with Gasteiger partial charge in [0.1, 0.15) is 25.4 Å². The Bertz CT molecular complexity index is 2660. The Hall–Kier alpha value is -5.09. The van der Waals surface area contributed by atoms with Gasteiger partial charge in [-0.25, -0.2) is 9.13 Å². The fourth-order valence-corrected chi connectivity index (χ4v) is 12.7. The molecule has 4 N–H and O–H groups in total. The first-order chi connectivity index (χ1) is 53.2. The van der Waals surface area contributed by atoms with Crippen molar-refractivity contribution in [1.29, 1.82) is 0 Å². The SMILES string of the molecule is CC/C=C\C/C=C\C/C=C\C/C=C\C/C=C\CCCCCCCCCCCCCCCCCCCC(=O)OCC(O)COP(=O)(O)OCC(O)COP(=O)(O)OCC(COC(=O)CCCCCCCCC/C=C\C/C=C\C/C=C\C/C=C\C/C=C\CC)OC(=O)CCCCCC/C=C\C/C=C\C/C=C\C/C=C\CC. The molecule has 0 bridgehead atoms. The van der Waals surface area contributed by atoms with Gasteiger partial charge in [0.2, 0.25) is 0 Å². The molecule has 0 aliphatic rings. The molecule has 622 valence electrons. The molecule has 18 heteroatoms. The fraction of sp³-hybridized carbons (Fsp3) is 0.659. The third kappa shape index (κ3) is 83.7. The highest BCUT2D eigenvalue weighted by atomic mass is 31.2. The van der Waals surface area contributed by atoms with E-state index >= 15 is 0 Å². The van der Waals surface area contributed by atoms with Gasteiger partial charge in [0.05, 0.1) is 26.4 Å². The van der Waals surface area contributed by atoms with Gasteiger partial charge in [-0.3, -0.25) is 32.5 Å². The molecule has 0 saturated heterocycles. The van der Waals surface area contributed by atoms with E-state index in [-0.39, 0.29) is 19.3 Å². The molecule has 0 heterocycles. The van der Waals surface area contributed by atoms with E-state index in [0.717, 1.165) is 180 Å². The van der Waals surface area contributed by atoms with Crippen LogP contribution in [0.15, 0.2) is 170 Å². The third-order valence-corrected chi connectivity index (χ3v) is 19.3. The summed E-state index contributed by atoms with van der Waals surface area (Å²) in [5, 5.41) is 20.7. The van der Waals surface area contributed by atoms with Gasteiger partial charge in [-0.15, -0.1) is 0 Å². The van der Waals surface area contributed by atoms with Gasteiger partial charge in [-0.1, -0.05) is 332 Å². The highest BCUT2D eigenvalue weighted by Crippen LogP contribution is 2.45. The second kappa shape index (κ2) is 82.4. The summed E-state index contributed by atoms with van der Waals surface area (Å²) in [6, 6.07) is 0. The number of esters is 3. The lowest BCUT2D eigenvalue weighted by molar-refractivity contribution is -0.161. The molecule has 0 aliphatic carbocycles. The van der Waals surface area contributed by atoms with E-state index in [0.29, 0.717) is 19.3 Å². The van der Waals surface area contributed by atoms with E-state index in [4.69, 9.17) is 32.3 Å². The van der Waals surface area contributed by atoms with Crippen molar-refractivity contribution in [2.24, 2.45) is 0 Å². The average molecular weight is 1560 g/mol. The number of carbonyl (C=O) groups excluding carboxylic acids is 3. The van der Waals surface area contributed by atoms with Crippen molar-refractivity contribution in [2.75, 3.05) is 39.6 Å². The predicted molar refractivity (Wildman–Crippen MR) is 454 cm³/mol. The van der Waals surface area contributed by atoms with Crippen molar-refractivity contribution in [3.05, 3.63) is 170 Å². The quantitative estimate of drug-likeness (QED) is 0.0146. The van der Waals surface area contributed by atoms with Crippen molar-refractivity contribution in [1.82, 2.24) is 0 Å². The summed E-state index contributed by atoms with van der Waals surface area (Å²) in [4.78, 5) is 58.8. The van der Waals surface area contributed by atoms with Gasteiger partial charge in [-0.05, 0) is 148 Å². The molecule has 109 heavy (non-hydrogen) atoms. The molecule has 0 radical (unpaired) electrons. The van der Waals surface area contributed by atoms with Crippen molar-refractivity contribution in [2.45, 2.75) is 347 Å². The minimum atomic E-state index is -4.95. The van der Waals surface area contributed by atoms with Crippen LogP contribution in [0.2, 0.25) is 0 Å². The second-order valence-electron chi connectivity index (χ2n) is 27.8. The van der Waals surface area contributed by atoms with E-state index in [1.165, 1.54) is 89.9 Å². The zero-order chi connectivity index (χ0) is 79.4. The number of phosphoric acid groups is 2. The second-order valence-corrected chi connectivity index (χ2v) is 30.7. The van der Waals surface area contributed by atoms with Gasteiger partial charge in [0.25, 0.3) is 0 Å². The van der Waals surface area contributed by atoms with Gasteiger partial charge in [-0.2, -0.15) is 0 Å². The van der Waals surface area contributed by atoms with Crippen LogP contribution in [0, 0.1) is 0 Å². The molecule has 0 aromatic carbocycles. The summed E-state index contributed by atoms with van der Waals surface area (Å²) < 4.78 is 61.3. The van der Waals surface area contributed by atoms with Gasteiger partial charge < -0.3 is 34.2 Å². The number of hydrogen-bond donors (Lipinski definition) is 4. The van der Waals surface area contributed by atoms with Crippen LogP contribution in [0.1, 0.15) is 329 Å². The number of carbonyl (C=O) groups is 3. The summed E-state index contributed by atoms with van der Waals surface area (Å²) in [6.45, 7) is 2.31. The number of hydrogen-bond acceptors (Lipinski definition) is 14. The Morgan fingerprint density at radius 2 is 0.459 bits per heavy atom. The lowest BCUT2D eigenvalue weighted by Gasteiger charge is -2.21. The Kier molecular flexibility index (Phi) is 78.5. The molecule has 0 aromatic heterocycles. The topological polar surface area (TPSA) is 231 Å². The highest BCUT2D eigenvalue weighted by molar-refractivity contribution is 7.47. The van der Waals surface area contributed by atoms with E-state index in [2.05, 4.69) is 191 Å². The van der Waals surface area contributed by atoms with Gasteiger partial charge in [0, 0.05) is 19.3 Å². The molecule has 16 nitrogen and oxygen atoms in total. The fourth-order valence-electron chi connectivity index (χ4n) is 11.1. The minimum Gasteiger partial charge on any atom is -0.463 e. The molecule has 0 saturated carbocycles. The van der Waals surface area contributed by atoms with Crippen LogP contribution < -0.4 is 0 Å². The van der Waals surface area contributed by atoms with Crippen molar-refractivity contribution in [3.8, 4) is 0 Å². The Morgan fingerprint density at radius 1 is 0.257 bits per heavy atom. The summed E-state index contributed by atoms with van der Waals surface area (Å²) in [7, 11) is -9.82. The summed E-state index contributed by atoms with van der Waals surface area (Å²) in [5.74, 6) is -1.62. The zero-order valence-corrected chi connectivity index (χ0v) is 70.0. The summed E-state index contributed by atoms with van der Waals surface area (Å²) in [5.41, 5.74) is 0. The van der Waals surface area contributed by atoms with E-state index < -0.39 is 91.5 Å². The number of allylic oxidation sites excluding steroid dienone is 28. The number of aliphatic hydroxyl groups excluding tert-OH is 2. The molecule has 5 atom stereocenters. The molecule has 0 aromatic rings. The first kappa shape index (κ1) is 104. The highest BCUT2D eigenvalue weighted by Gasteiger charge is 2.29. The third-order valence-electron chi connectivity index (χ3n) is 17.4. The predicted octanol–water partition coefficient (Wildman–Crippen LogP) is 25.5. The van der Waals surface area contributed by atoms with Crippen LogP contribution in [-0.2, 0) is 55.8 Å². The van der Waals surface area contributed by atoms with Crippen molar-refractivity contribution >= 4 is 33.6 Å². The van der Waals surface area contributed by atoms with E-state index in [9.17, 15) is 43.5 Å². The number of phosphoric ester groups is 2. The summed E-state index contributed by atoms with van der Waals surface area (Å²) in [6.07, 6.45) is 106. The number of aliphatic hydroxyl groups is 2. The van der Waals surface area contributed by atoms with E-state index in [1.807, 2.05) is 0 Å². The van der Waals surface area contributed by atoms with Crippen LogP contribution >= 0.6 is 15.6 Å².